The first-order valence-corrected chi connectivity index (χ1v) is 11.5. The van der Waals surface area contributed by atoms with E-state index in [4.69, 9.17) is 4.74 Å². The van der Waals surface area contributed by atoms with Gasteiger partial charge in [-0.15, -0.1) is 0 Å². The molecule has 5 rings (SSSR count). The van der Waals surface area contributed by atoms with E-state index < -0.39 is 0 Å². The number of benzene rings is 2. The van der Waals surface area contributed by atoms with Crippen LogP contribution in [0.25, 0.3) is 11.3 Å². The second kappa shape index (κ2) is 9.39. The Balaban J connectivity index is 1.13. The molecule has 32 heavy (non-hydrogen) atoms. The maximum atomic E-state index is 13.1. The molecule has 2 aliphatic heterocycles. The van der Waals surface area contributed by atoms with E-state index in [1.54, 1.807) is 12.1 Å². The van der Waals surface area contributed by atoms with E-state index in [1.165, 1.54) is 30.5 Å². The van der Waals surface area contributed by atoms with Gasteiger partial charge in [0.2, 0.25) is 0 Å². The summed E-state index contributed by atoms with van der Waals surface area (Å²) in [6.07, 6.45) is 7.10. The Hall–Kier alpha value is -2.76. The Labute approximate surface area is 189 Å². The van der Waals surface area contributed by atoms with Crippen molar-refractivity contribution in [1.82, 2.24) is 15.2 Å². The van der Waals surface area contributed by atoms with Crippen LogP contribution in [0.2, 0.25) is 0 Å². The molecule has 0 amide bonds. The quantitative estimate of drug-likeness (QED) is 0.559. The van der Waals surface area contributed by atoms with Crippen molar-refractivity contribution in [3.63, 3.8) is 0 Å². The third-order valence-corrected chi connectivity index (χ3v) is 6.88. The van der Waals surface area contributed by atoms with Gasteiger partial charge in [-0.25, -0.2) is 4.39 Å². The van der Waals surface area contributed by atoms with Crippen molar-refractivity contribution in [1.29, 1.82) is 0 Å². The molecule has 0 spiro atoms. The highest BCUT2D eigenvalue weighted by Crippen LogP contribution is 2.36. The van der Waals surface area contributed by atoms with Crippen molar-refractivity contribution >= 4 is 0 Å². The molecule has 2 bridgehead atoms. The number of pyridine rings is 1. The molecule has 2 saturated heterocycles. The number of nitrogens with one attached hydrogen (secondary N) is 1. The van der Waals surface area contributed by atoms with E-state index in [9.17, 15) is 4.39 Å². The molecule has 166 valence electrons. The molecule has 4 nitrogen and oxygen atoms in total. The molecular weight excluding hydrogens is 401 g/mol. The van der Waals surface area contributed by atoms with Gasteiger partial charge in [-0.1, -0.05) is 18.2 Å². The summed E-state index contributed by atoms with van der Waals surface area (Å²) < 4.78 is 19.5. The number of hydrogen-bond acceptors (Lipinski definition) is 4. The number of ether oxygens (including phenoxy) is 1. The molecule has 0 radical (unpaired) electrons. The van der Waals surface area contributed by atoms with Crippen LogP contribution in [0.4, 0.5) is 4.39 Å². The maximum Gasteiger partial charge on any atom is 0.123 e. The molecule has 2 fully saturated rings. The van der Waals surface area contributed by atoms with E-state index in [1.807, 2.05) is 12.3 Å². The minimum Gasteiger partial charge on any atom is -0.490 e. The number of aromatic nitrogens is 1. The van der Waals surface area contributed by atoms with Gasteiger partial charge in [-0.05, 0) is 86.3 Å². The predicted molar refractivity (Wildman–Crippen MR) is 125 cm³/mol. The Morgan fingerprint density at radius 2 is 1.72 bits per heavy atom. The number of nitrogens with zero attached hydrogens (tertiary/aromatic N) is 2. The van der Waals surface area contributed by atoms with Gasteiger partial charge in [-0.2, -0.15) is 0 Å². The fourth-order valence-corrected chi connectivity index (χ4v) is 5.05. The fourth-order valence-electron chi connectivity index (χ4n) is 5.05. The second-order valence-corrected chi connectivity index (χ2v) is 9.07. The molecule has 2 aromatic carbocycles. The summed E-state index contributed by atoms with van der Waals surface area (Å²) in [5.74, 6) is 0.742. The first-order valence-electron chi connectivity index (χ1n) is 11.5. The van der Waals surface area contributed by atoms with Crippen molar-refractivity contribution in [2.45, 2.75) is 57.0 Å². The lowest BCUT2D eigenvalue weighted by molar-refractivity contribution is 0.0661. The normalized spacial score (nSPS) is 22.8. The number of piperidine rings is 1. The Bertz CT molecular complexity index is 1020. The fraction of sp³-hybridized carbons (Fsp3) is 0.370. The first kappa shape index (κ1) is 21.1. The van der Waals surface area contributed by atoms with Gasteiger partial charge in [0.05, 0.1) is 5.69 Å². The van der Waals surface area contributed by atoms with Crippen molar-refractivity contribution in [2.24, 2.45) is 0 Å². The minimum atomic E-state index is -0.234. The zero-order valence-electron chi connectivity index (χ0n) is 18.5. The van der Waals surface area contributed by atoms with Gasteiger partial charge in [-0.3, -0.25) is 4.98 Å². The van der Waals surface area contributed by atoms with E-state index in [0.29, 0.717) is 18.2 Å². The van der Waals surface area contributed by atoms with E-state index in [2.05, 4.69) is 52.6 Å². The molecule has 5 heteroatoms. The van der Waals surface area contributed by atoms with Crippen LogP contribution < -0.4 is 10.1 Å². The van der Waals surface area contributed by atoms with Gasteiger partial charge in [0.25, 0.3) is 0 Å². The largest absolute Gasteiger partial charge is 0.490 e. The van der Waals surface area contributed by atoms with Gasteiger partial charge in [0.15, 0.2) is 0 Å². The van der Waals surface area contributed by atoms with Crippen LogP contribution in [-0.2, 0) is 13.1 Å². The van der Waals surface area contributed by atoms with Crippen LogP contribution >= 0.6 is 0 Å². The Kier molecular flexibility index (Phi) is 6.19. The summed E-state index contributed by atoms with van der Waals surface area (Å²) in [5, 5.41) is 3.49. The molecule has 0 aliphatic carbocycles. The first-order chi connectivity index (χ1) is 15.6. The number of rotatable bonds is 7. The van der Waals surface area contributed by atoms with Crippen LogP contribution in [0, 0.1) is 5.82 Å². The number of hydrogen-bond donors (Lipinski definition) is 1. The van der Waals surface area contributed by atoms with Crippen LogP contribution in [-0.4, -0.2) is 35.1 Å². The van der Waals surface area contributed by atoms with Gasteiger partial charge >= 0.3 is 0 Å². The number of fused-ring (bicyclic) bond motifs is 2. The van der Waals surface area contributed by atoms with Gasteiger partial charge in [0.1, 0.15) is 17.7 Å². The zero-order valence-corrected chi connectivity index (χ0v) is 18.5. The van der Waals surface area contributed by atoms with Crippen molar-refractivity contribution < 1.29 is 9.13 Å². The third kappa shape index (κ3) is 4.84. The number of halogens is 1. The Morgan fingerprint density at radius 1 is 0.969 bits per heavy atom. The molecule has 2 unspecified atom stereocenters. The molecule has 1 N–H and O–H groups in total. The highest BCUT2D eigenvalue weighted by Gasteiger charge is 2.39. The highest BCUT2D eigenvalue weighted by atomic mass is 19.1. The van der Waals surface area contributed by atoms with Gasteiger partial charge < -0.3 is 15.0 Å². The van der Waals surface area contributed by atoms with E-state index in [0.717, 1.165) is 48.5 Å². The predicted octanol–water partition coefficient (Wildman–Crippen LogP) is 5.18. The Morgan fingerprint density at radius 3 is 2.44 bits per heavy atom. The minimum absolute atomic E-state index is 0.234. The molecule has 0 saturated carbocycles. The average molecular weight is 432 g/mol. The SMILES string of the molecule is CN1C2CCC1CC(Oc1cccc(CNCc3ccc(-c4ccc(F)cc4)nc3)c1)C2. The second-order valence-electron chi connectivity index (χ2n) is 9.07. The maximum absolute atomic E-state index is 13.1. The van der Waals surface area contributed by atoms with Gasteiger partial charge in [0, 0.05) is 36.9 Å². The summed E-state index contributed by atoms with van der Waals surface area (Å²) in [5.41, 5.74) is 4.10. The molecule has 1 aromatic heterocycles. The summed E-state index contributed by atoms with van der Waals surface area (Å²) in [7, 11) is 2.26. The molecule has 2 atom stereocenters. The molecule has 3 heterocycles. The summed E-state index contributed by atoms with van der Waals surface area (Å²) in [6.45, 7) is 1.51. The standard InChI is InChI=1S/C27H30FN3O/c1-31-23-10-11-24(31)15-26(14-23)32-25-4-2-3-19(13-25)16-29-17-20-5-12-27(30-18-20)21-6-8-22(28)9-7-21/h2-9,12-13,18,23-24,26,29H,10-11,14-17H2,1H3. The highest BCUT2D eigenvalue weighted by molar-refractivity contribution is 5.58. The molecule has 3 aromatic rings. The lowest BCUT2D eigenvalue weighted by Crippen LogP contribution is -2.43. The summed E-state index contributed by atoms with van der Waals surface area (Å²) in [6, 6.07) is 20.3. The van der Waals surface area contributed by atoms with Crippen molar-refractivity contribution in [2.75, 3.05) is 7.05 Å². The van der Waals surface area contributed by atoms with Crippen LogP contribution in [0.1, 0.15) is 36.8 Å². The van der Waals surface area contributed by atoms with E-state index in [-0.39, 0.29) is 5.82 Å². The molecular formula is C27H30FN3O. The third-order valence-electron chi connectivity index (χ3n) is 6.88. The molecule has 2 aliphatic rings. The topological polar surface area (TPSA) is 37.4 Å². The van der Waals surface area contributed by atoms with Crippen molar-refractivity contribution in [3.8, 4) is 17.0 Å². The average Bonchev–Trinajstić information content (AvgIpc) is 3.01. The monoisotopic (exact) mass is 431 g/mol. The van der Waals surface area contributed by atoms with Crippen molar-refractivity contribution in [3.05, 3.63) is 83.8 Å². The van der Waals surface area contributed by atoms with Crippen LogP contribution in [0.3, 0.4) is 0 Å². The lowest BCUT2D eigenvalue weighted by atomic mass is 10.0. The smallest absolute Gasteiger partial charge is 0.123 e. The lowest BCUT2D eigenvalue weighted by Gasteiger charge is -2.36. The van der Waals surface area contributed by atoms with Crippen LogP contribution in [0.5, 0.6) is 5.75 Å². The summed E-state index contributed by atoms with van der Waals surface area (Å²) >= 11 is 0. The summed E-state index contributed by atoms with van der Waals surface area (Å²) in [4.78, 5) is 7.06. The van der Waals surface area contributed by atoms with E-state index >= 15 is 0 Å². The van der Waals surface area contributed by atoms with Crippen LogP contribution in [0.15, 0.2) is 66.9 Å². The zero-order chi connectivity index (χ0) is 21.9.